The largest absolute Gasteiger partial charge is 0.411 e. The summed E-state index contributed by atoms with van der Waals surface area (Å²) in [6.45, 7) is 4.03. The Bertz CT molecular complexity index is 431. The van der Waals surface area contributed by atoms with E-state index in [4.69, 9.17) is 0 Å². The van der Waals surface area contributed by atoms with E-state index in [0.29, 0.717) is 6.54 Å². The van der Waals surface area contributed by atoms with Crippen LogP contribution in [0.1, 0.15) is 11.8 Å². The highest BCUT2D eigenvalue weighted by Crippen LogP contribution is 2.17. The second-order valence-electron chi connectivity index (χ2n) is 4.16. The first-order valence-corrected chi connectivity index (χ1v) is 6.82. The first-order valence-electron chi connectivity index (χ1n) is 5.94. The van der Waals surface area contributed by atoms with Crippen molar-refractivity contribution in [2.45, 2.75) is 25.7 Å². The summed E-state index contributed by atoms with van der Waals surface area (Å²) in [7, 11) is 0. The fourth-order valence-electron chi connectivity index (χ4n) is 1.53. The molecule has 0 aliphatic carbocycles. The van der Waals surface area contributed by atoms with E-state index in [1.54, 1.807) is 0 Å². The standard InChI is InChI=1S/C13H16F3NO2S/c1-3-6-17(8-11-5-4-7-20-11)12(18)10(2)19-9-13(14,15)16/h3-5,7,10H,1,6,8-9H2,2H3. The van der Waals surface area contributed by atoms with E-state index in [2.05, 4.69) is 11.3 Å². The summed E-state index contributed by atoms with van der Waals surface area (Å²) in [5.74, 6) is -0.484. The molecule has 3 nitrogen and oxygen atoms in total. The SMILES string of the molecule is C=CCN(Cc1cccs1)C(=O)C(C)OCC(F)(F)F. The maximum Gasteiger partial charge on any atom is 0.411 e. The molecule has 0 N–H and O–H groups in total. The number of carbonyl (C=O) groups excluding carboxylic acids is 1. The van der Waals surface area contributed by atoms with Gasteiger partial charge in [0.25, 0.3) is 5.91 Å². The molecule has 1 unspecified atom stereocenters. The van der Waals surface area contributed by atoms with Crippen LogP contribution in [0.2, 0.25) is 0 Å². The lowest BCUT2D eigenvalue weighted by atomic mass is 10.3. The fourth-order valence-corrected chi connectivity index (χ4v) is 2.25. The van der Waals surface area contributed by atoms with Crippen LogP contribution in [0.25, 0.3) is 0 Å². The van der Waals surface area contributed by atoms with Gasteiger partial charge < -0.3 is 9.64 Å². The average Bonchev–Trinajstić information content (AvgIpc) is 2.86. The van der Waals surface area contributed by atoms with Crippen molar-refractivity contribution < 1.29 is 22.7 Å². The van der Waals surface area contributed by atoms with Crippen LogP contribution in [-0.4, -0.2) is 36.2 Å². The number of amides is 1. The van der Waals surface area contributed by atoms with Crippen molar-refractivity contribution in [3.63, 3.8) is 0 Å². The maximum atomic E-state index is 12.1. The molecule has 1 aromatic rings. The van der Waals surface area contributed by atoms with Crippen molar-refractivity contribution in [3.05, 3.63) is 35.0 Å². The number of thiophene rings is 1. The zero-order valence-corrected chi connectivity index (χ0v) is 11.8. The minimum Gasteiger partial charge on any atom is -0.359 e. The molecule has 0 aliphatic rings. The van der Waals surface area contributed by atoms with Crippen molar-refractivity contribution in [1.29, 1.82) is 0 Å². The molecular formula is C13H16F3NO2S. The quantitative estimate of drug-likeness (QED) is 0.724. The molecule has 1 heterocycles. The molecule has 0 saturated heterocycles. The third-order valence-electron chi connectivity index (χ3n) is 2.43. The van der Waals surface area contributed by atoms with Gasteiger partial charge in [0.1, 0.15) is 12.7 Å². The first kappa shape index (κ1) is 16.7. The van der Waals surface area contributed by atoms with Gasteiger partial charge in [-0.1, -0.05) is 12.1 Å². The van der Waals surface area contributed by atoms with Gasteiger partial charge in [0.15, 0.2) is 0 Å². The molecule has 1 amide bonds. The van der Waals surface area contributed by atoms with Crippen LogP contribution >= 0.6 is 11.3 Å². The van der Waals surface area contributed by atoms with Gasteiger partial charge >= 0.3 is 6.18 Å². The molecule has 1 rings (SSSR count). The van der Waals surface area contributed by atoms with Crippen molar-refractivity contribution in [2.24, 2.45) is 0 Å². The summed E-state index contributed by atoms with van der Waals surface area (Å²) in [6.07, 6.45) is -4.05. The average molecular weight is 307 g/mol. The number of halogens is 3. The molecule has 7 heteroatoms. The van der Waals surface area contributed by atoms with Crippen LogP contribution in [0.3, 0.4) is 0 Å². The van der Waals surface area contributed by atoms with Crippen molar-refractivity contribution in [3.8, 4) is 0 Å². The van der Waals surface area contributed by atoms with Gasteiger partial charge in [0.05, 0.1) is 6.54 Å². The number of ether oxygens (including phenoxy) is 1. The smallest absolute Gasteiger partial charge is 0.359 e. The van der Waals surface area contributed by atoms with E-state index in [9.17, 15) is 18.0 Å². The Balaban J connectivity index is 2.60. The molecular weight excluding hydrogens is 291 g/mol. The first-order chi connectivity index (χ1) is 9.33. The van der Waals surface area contributed by atoms with Crippen LogP contribution in [0.15, 0.2) is 30.2 Å². The summed E-state index contributed by atoms with van der Waals surface area (Å²) >= 11 is 1.47. The normalized spacial score (nSPS) is 13.0. The fraction of sp³-hybridized carbons (Fsp3) is 0.462. The van der Waals surface area contributed by atoms with Gasteiger partial charge in [-0.25, -0.2) is 0 Å². The predicted octanol–water partition coefficient (Wildman–Crippen LogP) is 3.23. The molecule has 0 bridgehead atoms. The van der Waals surface area contributed by atoms with Crippen LogP contribution in [-0.2, 0) is 16.1 Å². The third-order valence-corrected chi connectivity index (χ3v) is 3.29. The van der Waals surface area contributed by atoms with E-state index in [1.807, 2.05) is 17.5 Å². The maximum absolute atomic E-state index is 12.1. The highest BCUT2D eigenvalue weighted by Gasteiger charge is 2.31. The van der Waals surface area contributed by atoms with Gasteiger partial charge in [-0.3, -0.25) is 4.79 Å². The van der Waals surface area contributed by atoms with Gasteiger partial charge in [0.2, 0.25) is 0 Å². The number of nitrogens with zero attached hydrogens (tertiary/aromatic N) is 1. The molecule has 0 aliphatic heterocycles. The summed E-state index contributed by atoms with van der Waals surface area (Å²) in [5.41, 5.74) is 0. The van der Waals surface area contributed by atoms with E-state index in [1.165, 1.54) is 29.2 Å². The van der Waals surface area contributed by atoms with Gasteiger partial charge in [-0.2, -0.15) is 13.2 Å². The van der Waals surface area contributed by atoms with Crippen molar-refractivity contribution in [2.75, 3.05) is 13.2 Å². The lowest BCUT2D eigenvalue weighted by Gasteiger charge is -2.24. The van der Waals surface area contributed by atoms with E-state index in [0.717, 1.165) is 4.88 Å². The molecule has 112 valence electrons. The lowest BCUT2D eigenvalue weighted by molar-refractivity contribution is -0.188. The highest BCUT2D eigenvalue weighted by molar-refractivity contribution is 7.09. The van der Waals surface area contributed by atoms with E-state index < -0.39 is 24.8 Å². The molecule has 20 heavy (non-hydrogen) atoms. The molecule has 0 saturated carbocycles. The van der Waals surface area contributed by atoms with Crippen LogP contribution in [0.4, 0.5) is 13.2 Å². The molecule has 1 aromatic heterocycles. The Kier molecular flexibility index (Phi) is 6.22. The van der Waals surface area contributed by atoms with Crippen LogP contribution in [0, 0.1) is 0 Å². The van der Waals surface area contributed by atoms with Gasteiger partial charge in [-0.05, 0) is 18.4 Å². The summed E-state index contributed by atoms with van der Waals surface area (Å²) < 4.78 is 40.8. The van der Waals surface area contributed by atoms with Crippen molar-refractivity contribution >= 4 is 17.2 Å². The van der Waals surface area contributed by atoms with E-state index in [-0.39, 0.29) is 6.54 Å². The molecule has 0 spiro atoms. The predicted molar refractivity (Wildman–Crippen MR) is 71.4 cm³/mol. The van der Waals surface area contributed by atoms with Gasteiger partial charge in [-0.15, -0.1) is 17.9 Å². The third kappa shape index (κ3) is 5.75. The highest BCUT2D eigenvalue weighted by atomic mass is 32.1. The van der Waals surface area contributed by atoms with Gasteiger partial charge in [0, 0.05) is 11.4 Å². The molecule has 0 aromatic carbocycles. The number of alkyl halides is 3. The topological polar surface area (TPSA) is 29.5 Å². The van der Waals surface area contributed by atoms with Crippen LogP contribution < -0.4 is 0 Å². The van der Waals surface area contributed by atoms with Crippen molar-refractivity contribution in [1.82, 2.24) is 4.90 Å². The minimum absolute atomic E-state index is 0.260. The Morgan fingerprint density at radius 3 is 2.80 bits per heavy atom. The minimum atomic E-state index is -4.44. The summed E-state index contributed by atoms with van der Waals surface area (Å²) in [5, 5.41) is 1.87. The zero-order valence-electron chi connectivity index (χ0n) is 11.0. The number of hydrogen-bond acceptors (Lipinski definition) is 3. The summed E-state index contributed by atoms with van der Waals surface area (Å²) in [6, 6.07) is 3.70. The Morgan fingerprint density at radius 1 is 1.60 bits per heavy atom. The molecule has 0 radical (unpaired) electrons. The monoisotopic (exact) mass is 307 g/mol. The second-order valence-corrected chi connectivity index (χ2v) is 5.19. The summed E-state index contributed by atoms with van der Waals surface area (Å²) in [4.78, 5) is 14.4. The number of carbonyl (C=O) groups is 1. The van der Waals surface area contributed by atoms with Crippen LogP contribution in [0.5, 0.6) is 0 Å². The number of rotatable bonds is 7. The Morgan fingerprint density at radius 2 is 2.30 bits per heavy atom. The lowest BCUT2D eigenvalue weighted by Crippen LogP contribution is -2.39. The molecule has 1 atom stereocenters. The zero-order chi connectivity index (χ0) is 15.2. The Hall–Kier alpha value is -1.34. The van der Waals surface area contributed by atoms with E-state index >= 15 is 0 Å². The second kappa shape index (κ2) is 7.44. The molecule has 0 fully saturated rings. The number of hydrogen-bond donors (Lipinski definition) is 0. The Labute approximate surface area is 119 Å².